The van der Waals surface area contributed by atoms with Crippen LogP contribution in [0.15, 0.2) is 59.0 Å². The van der Waals surface area contributed by atoms with Crippen molar-refractivity contribution in [1.29, 1.82) is 0 Å². The number of fused-ring (bicyclic) bond motifs is 2. The fraction of sp³-hybridized carbons (Fsp3) is 0.0526. The van der Waals surface area contributed by atoms with Gasteiger partial charge in [-0.3, -0.25) is 5.43 Å². The van der Waals surface area contributed by atoms with Crippen molar-refractivity contribution < 1.29 is 0 Å². The molecule has 0 aliphatic heterocycles. The Hall–Kier alpha value is -2.43. The van der Waals surface area contributed by atoms with Crippen LogP contribution in [0.3, 0.4) is 0 Å². The zero-order valence-corrected chi connectivity index (χ0v) is 14.5. The van der Waals surface area contributed by atoms with Gasteiger partial charge in [-0.15, -0.1) is 11.3 Å². The van der Waals surface area contributed by atoms with Crippen molar-refractivity contribution in [3.63, 3.8) is 0 Å². The van der Waals surface area contributed by atoms with Gasteiger partial charge in [0.25, 0.3) is 0 Å². The first-order chi connectivity index (χ1) is 11.7. The highest BCUT2D eigenvalue weighted by atomic mass is 35.5. The van der Waals surface area contributed by atoms with E-state index in [0.29, 0.717) is 0 Å². The smallest absolute Gasteiger partial charge is 0.203 e. The van der Waals surface area contributed by atoms with E-state index in [2.05, 4.69) is 27.6 Å². The number of thiazole rings is 1. The second-order valence-electron chi connectivity index (χ2n) is 5.48. The maximum Gasteiger partial charge on any atom is 0.203 e. The van der Waals surface area contributed by atoms with Gasteiger partial charge in [0.2, 0.25) is 5.13 Å². The summed E-state index contributed by atoms with van der Waals surface area (Å²) >= 11 is 8.15. The van der Waals surface area contributed by atoms with E-state index in [1.807, 2.05) is 54.9 Å². The molecular weight excluding hydrogens is 338 g/mol. The van der Waals surface area contributed by atoms with Gasteiger partial charge >= 0.3 is 0 Å². The van der Waals surface area contributed by atoms with Crippen molar-refractivity contribution in [2.24, 2.45) is 5.10 Å². The van der Waals surface area contributed by atoms with Crippen LogP contribution >= 0.6 is 22.9 Å². The van der Waals surface area contributed by atoms with Gasteiger partial charge in [-0.2, -0.15) is 5.10 Å². The van der Waals surface area contributed by atoms with Crippen molar-refractivity contribution >= 4 is 55.8 Å². The van der Waals surface area contributed by atoms with Crippen LogP contribution in [0.4, 0.5) is 5.13 Å². The molecule has 0 fully saturated rings. The molecule has 0 atom stereocenters. The number of anilines is 1. The van der Waals surface area contributed by atoms with Gasteiger partial charge in [0, 0.05) is 21.7 Å². The van der Waals surface area contributed by atoms with Crippen LogP contribution in [0.2, 0.25) is 5.02 Å². The number of hydrazone groups is 1. The molecule has 0 saturated carbocycles. The number of hydrogen-bond donors (Lipinski definition) is 1. The molecule has 4 aromatic rings. The van der Waals surface area contributed by atoms with E-state index in [4.69, 9.17) is 11.6 Å². The molecule has 5 heteroatoms. The van der Waals surface area contributed by atoms with Crippen molar-refractivity contribution in [3.8, 4) is 0 Å². The summed E-state index contributed by atoms with van der Waals surface area (Å²) in [6, 6.07) is 16.3. The van der Waals surface area contributed by atoms with Crippen molar-refractivity contribution in [1.82, 2.24) is 4.98 Å². The summed E-state index contributed by atoms with van der Waals surface area (Å²) in [4.78, 5) is 4.35. The SMILES string of the molecule is Cc1csc(NN=Cc2c3ccccc3c(Cl)c3ccccc23)n1. The number of nitrogens with zero attached hydrogens (tertiary/aromatic N) is 2. The quantitative estimate of drug-likeness (QED) is 0.285. The molecule has 1 N–H and O–H groups in total. The first-order valence-electron chi connectivity index (χ1n) is 7.54. The molecule has 0 unspecified atom stereocenters. The molecular formula is C19H14ClN3S. The predicted octanol–water partition coefficient (Wildman–Crippen LogP) is 5.86. The number of benzene rings is 3. The Bertz CT molecular complexity index is 1010. The fourth-order valence-corrected chi connectivity index (χ4v) is 3.77. The molecule has 0 spiro atoms. The topological polar surface area (TPSA) is 37.3 Å². The zero-order valence-electron chi connectivity index (χ0n) is 13.0. The molecule has 118 valence electrons. The second-order valence-corrected chi connectivity index (χ2v) is 6.72. The average Bonchev–Trinajstić information content (AvgIpc) is 3.03. The van der Waals surface area contributed by atoms with Gasteiger partial charge in [0.05, 0.1) is 16.9 Å². The average molecular weight is 352 g/mol. The number of rotatable bonds is 3. The summed E-state index contributed by atoms with van der Waals surface area (Å²) in [5, 5.41) is 12.2. The van der Waals surface area contributed by atoms with Gasteiger partial charge in [-0.25, -0.2) is 4.98 Å². The maximum absolute atomic E-state index is 6.61. The van der Waals surface area contributed by atoms with E-state index in [0.717, 1.165) is 43.0 Å². The van der Waals surface area contributed by atoms with Crippen molar-refractivity contribution in [2.45, 2.75) is 6.92 Å². The molecule has 4 rings (SSSR count). The Morgan fingerprint density at radius 1 is 1.00 bits per heavy atom. The summed E-state index contributed by atoms with van der Waals surface area (Å²) in [7, 11) is 0. The first kappa shape index (κ1) is 15.1. The van der Waals surface area contributed by atoms with Crippen LogP contribution in [-0.2, 0) is 0 Å². The minimum Gasteiger partial charge on any atom is -0.253 e. The highest BCUT2D eigenvalue weighted by Gasteiger charge is 2.10. The maximum atomic E-state index is 6.61. The van der Waals surface area contributed by atoms with Gasteiger partial charge in [0.1, 0.15) is 0 Å². The van der Waals surface area contributed by atoms with Gasteiger partial charge < -0.3 is 0 Å². The highest BCUT2D eigenvalue weighted by molar-refractivity contribution is 7.13. The molecule has 0 saturated heterocycles. The molecule has 24 heavy (non-hydrogen) atoms. The molecule has 1 heterocycles. The van der Waals surface area contributed by atoms with Crippen LogP contribution in [-0.4, -0.2) is 11.2 Å². The lowest BCUT2D eigenvalue weighted by Crippen LogP contribution is -1.93. The third kappa shape index (κ3) is 2.64. The van der Waals surface area contributed by atoms with Crippen LogP contribution in [0.5, 0.6) is 0 Å². The van der Waals surface area contributed by atoms with Gasteiger partial charge in [-0.1, -0.05) is 60.1 Å². The number of halogens is 1. The third-order valence-corrected chi connectivity index (χ3v) is 5.15. The van der Waals surface area contributed by atoms with Crippen LogP contribution in [0.25, 0.3) is 21.5 Å². The molecule has 1 aromatic heterocycles. The normalized spacial score (nSPS) is 11.6. The fourth-order valence-electron chi connectivity index (χ4n) is 2.81. The highest BCUT2D eigenvalue weighted by Crippen LogP contribution is 2.35. The zero-order chi connectivity index (χ0) is 16.5. The molecule has 0 aliphatic carbocycles. The summed E-state index contributed by atoms with van der Waals surface area (Å²) in [6.07, 6.45) is 1.84. The Morgan fingerprint density at radius 3 is 2.12 bits per heavy atom. The Labute approximate surface area is 148 Å². The summed E-state index contributed by atoms with van der Waals surface area (Å²) < 4.78 is 0. The minimum absolute atomic E-state index is 0.779. The molecule has 3 aromatic carbocycles. The molecule has 0 radical (unpaired) electrons. The number of nitrogens with one attached hydrogen (secondary N) is 1. The standard InChI is InChI=1S/C19H14ClN3S/c1-12-11-24-19(22-12)23-21-10-17-13-6-2-4-8-15(13)18(20)16-9-5-3-7-14(16)17/h2-11H,1H3,(H,22,23). The Balaban J connectivity index is 1.87. The van der Waals surface area contributed by atoms with Gasteiger partial charge in [-0.05, 0) is 17.7 Å². The van der Waals surface area contributed by atoms with Crippen LogP contribution in [0.1, 0.15) is 11.3 Å². The second kappa shape index (κ2) is 6.23. The predicted molar refractivity (Wildman–Crippen MR) is 105 cm³/mol. The third-order valence-electron chi connectivity index (χ3n) is 3.88. The van der Waals surface area contributed by atoms with E-state index < -0.39 is 0 Å². The number of aromatic nitrogens is 1. The van der Waals surface area contributed by atoms with Crippen LogP contribution < -0.4 is 5.43 Å². The van der Waals surface area contributed by atoms with E-state index in [1.54, 1.807) is 0 Å². The lowest BCUT2D eigenvalue weighted by atomic mass is 9.97. The Morgan fingerprint density at radius 2 is 1.58 bits per heavy atom. The number of aryl methyl sites for hydroxylation is 1. The molecule has 0 bridgehead atoms. The van der Waals surface area contributed by atoms with E-state index in [-0.39, 0.29) is 0 Å². The molecule has 3 nitrogen and oxygen atoms in total. The lowest BCUT2D eigenvalue weighted by Gasteiger charge is -2.10. The van der Waals surface area contributed by atoms with E-state index >= 15 is 0 Å². The molecule has 0 aliphatic rings. The largest absolute Gasteiger partial charge is 0.253 e. The summed E-state index contributed by atoms with van der Waals surface area (Å²) in [5.41, 5.74) is 5.04. The Kier molecular flexibility index (Phi) is 3.92. The van der Waals surface area contributed by atoms with Crippen LogP contribution in [0, 0.1) is 6.92 Å². The van der Waals surface area contributed by atoms with Crippen molar-refractivity contribution in [2.75, 3.05) is 5.43 Å². The van der Waals surface area contributed by atoms with Crippen molar-refractivity contribution in [3.05, 3.63) is 70.2 Å². The summed E-state index contributed by atoms with van der Waals surface area (Å²) in [6.45, 7) is 1.96. The minimum atomic E-state index is 0.779. The van der Waals surface area contributed by atoms with Gasteiger partial charge in [0.15, 0.2) is 0 Å². The van der Waals surface area contributed by atoms with E-state index in [9.17, 15) is 0 Å². The van der Waals surface area contributed by atoms with E-state index in [1.165, 1.54) is 11.3 Å². The monoisotopic (exact) mass is 351 g/mol. The lowest BCUT2D eigenvalue weighted by molar-refractivity contribution is 1.22. The summed E-state index contributed by atoms with van der Waals surface area (Å²) in [5.74, 6) is 0. The number of hydrogen-bond acceptors (Lipinski definition) is 4. The molecule has 0 amide bonds. The first-order valence-corrected chi connectivity index (χ1v) is 8.80.